The van der Waals surface area contributed by atoms with Crippen LogP contribution in [0.15, 0.2) is 12.4 Å². The zero-order valence-electron chi connectivity index (χ0n) is 10.8. The molecule has 0 saturated carbocycles. The summed E-state index contributed by atoms with van der Waals surface area (Å²) in [7, 11) is 0. The summed E-state index contributed by atoms with van der Waals surface area (Å²) < 4.78 is 0. The second kappa shape index (κ2) is 5.84. The Morgan fingerprint density at radius 2 is 2.24 bits per heavy atom. The lowest BCUT2D eigenvalue weighted by molar-refractivity contribution is 0.610. The monoisotopic (exact) mass is 234 g/mol. The van der Waals surface area contributed by atoms with Crippen LogP contribution in [0.25, 0.3) is 0 Å². The smallest absolute Gasteiger partial charge is 0.149 e. The molecule has 1 aromatic rings. The predicted octanol–water partition coefficient (Wildman–Crippen LogP) is 2.68. The van der Waals surface area contributed by atoms with Gasteiger partial charge in [0.1, 0.15) is 11.6 Å². The number of hydrogen-bond acceptors (Lipinski definition) is 4. The predicted molar refractivity (Wildman–Crippen MR) is 71.5 cm³/mol. The normalized spacial score (nSPS) is 21.1. The maximum Gasteiger partial charge on any atom is 0.149 e. The van der Waals surface area contributed by atoms with E-state index in [1.54, 1.807) is 6.20 Å². The zero-order chi connectivity index (χ0) is 12.1. The van der Waals surface area contributed by atoms with Crippen molar-refractivity contribution in [3.63, 3.8) is 0 Å². The van der Waals surface area contributed by atoms with E-state index in [0.717, 1.165) is 24.7 Å². The average Bonchev–Trinajstić information content (AvgIpc) is 2.55. The van der Waals surface area contributed by atoms with Gasteiger partial charge in [-0.05, 0) is 26.7 Å². The SMILES string of the molecule is CCNc1cncc(N2CCCCCC2C)n1. The van der Waals surface area contributed by atoms with Gasteiger partial charge in [-0.1, -0.05) is 12.8 Å². The van der Waals surface area contributed by atoms with Crippen molar-refractivity contribution in [2.24, 2.45) is 0 Å². The van der Waals surface area contributed by atoms with Crippen molar-refractivity contribution < 1.29 is 0 Å². The summed E-state index contributed by atoms with van der Waals surface area (Å²) in [6, 6.07) is 0.573. The van der Waals surface area contributed by atoms with E-state index in [0.29, 0.717) is 6.04 Å². The number of nitrogens with zero attached hydrogens (tertiary/aromatic N) is 3. The molecule has 0 aromatic carbocycles. The Kier molecular flexibility index (Phi) is 4.18. The van der Waals surface area contributed by atoms with Gasteiger partial charge in [0.05, 0.1) is 12.4 Å². The van der Waals surface area contributed by atoms with Gasteiger partial charge in [0.2, 0.25) is 0 Å². The maximum absolute atomic E-state index is 4.63. The van der Waals surface area contributed by atoms with Crippen molar-refractivity contribution in [3.8, 4) is 0 Å². The van der Waals surface area contributed by atoms with Crippen molar-refractivity contribution in [1.29, 1.82) is 0 Å². The fourth-order valence-corrected chi connectivity index (χ4v) is 2.38. The van der Waals surface area contributed by atoms with Crippen LogP contribution in [-0.2, 0) is 0 Å². The Bertz CT molecular complexity index is 353. The summed E-state index contributed by atoms with van der Waals surface area (Å²) in [5.74, 6) is 1.89. The van der Waals surface area contributed by atoms with Crippen LogP contribution in [0.3, 0.4) is 0 Å². The minimum Gasteiger partial charge on any atom is -0.369 e. The number of rotatable bonds is 3. The van der Waals surface area contributed by atoms with Gasteiger partial charge in [0, 0.05) is 19.1 Å². The Morgan fingerprint density at radius 1 is 1.35 bits per heavy atom. The third-order valence-corrected chi connectivity index (χ3v) is 3.33. The summed E-state index contributed by atoms with van der Waals surface area (Å²) in [5, 5.41) is 3.22. The summed E-state index contributed by atoms with van der Waals surface area (Å²) in [5.41, 5.74) is 0. The molecule has 0 aliphatic carbocycles. The highest BCUT2D eigenvalue weighted by molar-refractivity contribution is 5.44. The van der Waals surface area contributed by atoms with Crippen molar-refractivity contribution in [2.45, 2.75) is 45.6 Å². The second-order valence-electron chi connectivity index (χ2n) is 4.68. The molecule has 1 atom stereocenters. The molecule has 1 aliphatic rings. The first-order chi connectivity index (χ1) is 8.31. The van der Waals surface area contributed by atoms with Crippen LogP contribution < -0.4 is 10.2 Å². The van der Waals surface area contributed by atoms with E-state index in [4.69, 9.17) is 0 Å². The van der Waals surface area contributed by atoms with E-state index in [2.05, 4.69) is 34.0 Å². The highest BCUT2D eigenvalue weighted by Gasteiger charge is 2.18. The molecule has 4 heteroatoms. The number of aromatic nitrogens is 2. The molecular formula is C13H22N4. The first kappa shape index (κ1) is 12.1. The molecule has 1 unspecified atom stereocenters. The molecule has 17 heavy (non-hydrogen) atoms. The zero-order valence-corrected chi connectivity index (χ0v) is 10.8. The minimum absolute atomic E-state index is 0.573. The average molecular weight is 234 g/mol. The van der Waals surface area contributed by atoms with Crippen LogP contribution in [0, 0.1) is 0 Å². The molecule has 0 amide bonds. The fraction of sp³-hybridized carbons (Fsp3) is 0.692. The second-order valence-corrected chi connectivity index (χ2v) is 4.68. The van der Waals surface area contributed by atoms with Crippen LogP contribution in [0.5, 0.6) is 0 Å². The molecular weight excluding hydrogens is 212 g/mol. The van der Waals surface area contributed by atoms with E-state index in [1.165, 1.54) is 25.7 Å². The Labute approximate surface area is 103 Å². The Balaban J connectivity index is 2.16. The van der Waals surface area contributed by atoms with Crippen LogP contribution in [0.1, 0.15) is 39.5 Å². The first-order valence-corrected chi connectivity index (χ1v) is 6.64. The van der Waals surface area contributed by atoms with E-state index >= 15 is 0 Å². The minimum atomic E-state index is 0.573. The number of anilines is 2. The molecule has 2 heterocycles. The lowest BCUT2D eigenvalue weighted by Gasteiger charge is -2.28. The van der Waals surface area contributed by atoms with Crippen LogP contribution >= 0.6 is 0 Å². The van der Waals surface area contributed by atoms with Crippen molar-refractivity contribution in [1.82, 2.24) is 9.97 Å². The Hall–Kier alpha value is -1.32. The van der Waals surface area contributed by atoms with Gasteiger partial charge in [-0.25, -0.2) is 4.98 Å². The summed E-state index contributed by atoms with van der Waals surface area (Å²) in [4.78, 5) is 11.3. The van der Waals surface area contributed by atoms with Gasteiger partial charge in [-0.3, -0.25) is 4.98 Å². The van der Waals surface area contributed by atoms with Gasteiger partial charge in [0.15, 0.2) is 0 Å². The molecule has 1 aromatic heterocycles. The molecule has 0 radical (unpaired) electrons. The number of hydrogen-bond donors (Lipinski definition) is 1. The summed E-state index contributed by atoms with van der Waals surface area (Å²) >= 11 is 0. The standard InChI is InChI=1S/C13H22N4/c1-3-15-12-9-14-10-13(16-12)17-8-6-4-5-7-11(17)2/h9-11H,3-8H2,1-2H3,(H,15,16). The maximum atomic E-state index is 4.63. The van der Waals surface area contributed by atoms with Crippen molar-refractivity contribution >= 4 is 11.6 Å². The van der Waals surface area contributed by atoms with E-state index in [-0.39, 0.29) is 0 Å². The highest BCUT2D eigenvalue weighted by atomic mass is 15.2. The molecule has 1 fully saturated rings. The Morgan fingerprint density at radius 3 is 3.06 bits per heavy atom. The first-order valence-electron chi connectivity index (χ1n) is 6.64. The van der Waals surface area contributed by atoms with Crippen molar-refractivity contribution in [2.75, 3.05) is 23.3 Å². The summed E-state index contributed by atoms with van der Waals surface area (Å²) in [6.07, 6.45) is 8.85. The van der Waals surface area contributed by atoms with Gasteiger partial charge in [-0.15, -0.1) is 0 Å². The summed E-state index contributed by atoms with van der Waals surface area (Å²) in [6.45, 7) is 6.34. The van der Waals surface area contributed by atoms with Crippen LogP contribution in [0.4, 0.5) is 11.6 Å². The molecule has 94 valence electrons. The third kappa shape index (κ3) is 3.08. The molecule has 0 bridgehead atoms. The quantitative estimate of drug-likeness (QED) is 0.873. The number of nitrogens with one attached hydrogen (secondary N) is 1. The molecule has 1 N–H and O–H groups in total. The van der Waals surface area contributed by atoms with Gasteiger partial charge in [-0.2, -0.15) is 0 Å². The van der Waals surface area contributed by atoms with Crippen molar-refractivity contribution in [3.05, 3.63) is 12.4 Å². The molecule has 4 nitrogen and oxygen atoms in total. The lowest BCUT2D eigenvalue weighted by atomic mass is 10.1. The van der Waals surface area contributed by atoms with Crippen LogP contribution in [-0.4, -0.2) is 29.1 Å². The molecule has 2 rings (SSSR count). The van der Waals surface area contributed by atoms with Gasteiger partial charge in [0.25, 0.3) is 0 Å². The highest BCUT2D eigenvalue weighted by Crippen LogP contribution is 2.22. The fourth-order valence-electron chi connectivity index (χ4n) is 2.38. The topological polar surface area (TPSA) is 41.1 Å². The largest absolute Gasteiger partial charge is 0.369 e. The van der Waals surface area contributed by atoms with Gasteiger partial charge >= 0.3 is 0 Å². The molecule has 0 spiro atoms. The van der Waals surface area contributed by atoms with E-state index < -0.39 is 0 Å². The van der Waals surface area contributed by atoms with Crippen LogP contribution in [0.2, 0.25) is 0 Å². The molecule has 1 aliphatic heterocycles. The molecule has 1 saturated heterocycles. The third-order valence-electron chi connectivity index (χ3n) is 3.33. The van der Waals surface area contributed by atoms with Gasteiger partial charge < -0.3 is 10.2 Å². The van der Waals surface area contributed by atoms with E-state index in [9.17, 15) is 0 Å². The lowest BCUT2D eigenvalue weighted by Crippen LogP contribution is -2.33. The van der Waals surface area contributed by atoms with E-state index in [1.807, 2.05) is 6.20 Å².